The lowest BCUT2D eigenvalue weighted by atomic mass is 10.1. The first-order valence-electron chi connectivity index (χ1n) is 5.74. The van der Waals surface area contributed by atoms with E-state index in [1.165, 1.54) is 4.90 Å². The highest BCUT2D eigenvalue weighted by atomic mass is 19.4. The quantitative estimate of drug-likeness (QED) is 0.800. The van der Waals surface area contributed by atoms with Crippen molar-refractivity contribution >= 4 is 0 Å². The molecule has 1 aromatic heterocycles. The Morgan fingerprint density at radius 2 is 2.00 bits per heavy atom. The van der Waals surface area contributed by atoms with Gasteiger partial charge < -0.3 is 0 Å². The topological polar surface area (TPSA) is 21.1 Å². The molecule has 0 aromatic carbocycles. The molecule has 6 heteroatoms. The van der Waals surface area contributed by atoms with E-state index >= 15 is 0 Å². The van der Waals surface area contributed by atoms with Gasteiger partial charge in [0.05, 0.1) is 18.8 Å². The van der Waals surface area contributed by atoms with E-state index < -0.39 is 12.7 Å². The van der Waals surface area contributed by atoms with Crippen molar-refractivity contribution in [2.24, 2.45) is 0 Å². The van der Waals surface area contributed by atoms with Crippen LogP contribution in [0.4, 0.5) is 13.2 Å². The molecule has 2 rings (SSSR count). The summed E-state index contributed by atoms with van der Waals surface area (Å²) in [4.78, 5) is 1.47. The molecule has 0 radical (unpaired) electrons. The second-order valence-corrected chi connectivity index (χ2v) is 4.62. The van der Waals surface area contributed by atoms with E-state index in [0.717, 1.165) is 18.4 Å². The van der Waals surface area contributed by atoms with Gasteiger partial charge in [-0.1, -0.05) is 0 Å². The van der Waals surface area contributed by atoms with Crippen molar-refractivity contribution in [1.82, 2.24) is 14.7 Å². The maximum atomic E-state index is 12.2. The van der Waals surface area contributed by atoms with Crippen LogP contribution in [0.3, 0.4) is 0 Å². The predicted octanol–water partition coefficient (Wildman–Crippen LogP) is 2.39. The number of alkyl halides is 3. The predicted molar refractivity (Wildman–Crippen MR) is 57.7 cm³/mol. The molecule has 0 aliphatic carbocycles. The van der Waals surface area contributed by atoms with Crippen molar-refractivity contribution < 1.29 is 13.2 Å². The average molecular weight is 247 g/mol. The van der Waals surface area contributed by atoms with Gasteiger partial charge in [-0.3, -0.25) is 9.58 Å². The molecule has 3 nitrogen and oxygen atoms in total. The molecule has 1 aromatic rings. The molecule has 1 fully saturated rings. The van der Waals surface area contributed by atoms with Crippen molar-refractivity contribution in [3.05, 3.63) is 18.0 Å². The third kappa shape index (κ3) is 3.46. The van der Waals surface area contributed by atoms with Crippen molar-refractivity contribution in [2.75, 3.05) is 19.6 Å². The summed E-state index contributed by atoms with van der Waals surface area (Å²) in [6.07, 6.45) is 1.11. The molecule has 2 heterocycles. The van der Waals surface area contributed by atoms with Crippen LogP contribution >= 0.6 is 0 Å². The third-order valence-electron chi connectivity index (χ3n) is 3.06. The van der Waals surface area contributed by atoms with Crippen molar-refractivity contribution in [3.8, 4) is 0 Å². The summed E-state index contributed by atoms with van der Waals surface area (Å²) in [5, 5.41) is 4.21. The van der Waals surface area contributed by atoms with Gasteiger partial charge in [0.2, 0.25) is 0 Å². The molecule has 1 aliphatic heterocycles. The van der Waals surface area contributed by atoms with Gasteiger partial charge in [-0.05, 0) is 25.3 Å². The molecule has 17 heavy (non-hydrogen) atoms. The average Bonchev–Trinajstić information content (AvgIpc) is 2.63. The fourth-order valence-corrected chi connectivity index (χ4v) is 2.23. The van der Waals surface area contributed by atoms with Crippen molar-refractivity contribution in [1.29, 1.82) is 0 Å². The fourth-order valence-electron chi connectivity index (χ4n) is 2.23. The minimum absolute atomic E-state index is 0.244. The molecule has 0 bridgehead atoms. The first-order valence-corrected chi connectivity index (χ1v) is 5.74. The molecule has 0 saturated carbocycles. The molecule has 0 N–H and O–H groups in total. The summed E-state index contributed by atoms with van der Waals surface area (Å²) in [5.41, 5.74) is 1.09. The molecule has 0 amide bonds. The standard InChI is InChI=1S/C11H16F3N3/c1-9-6-15-17(7-9)10-2-4-16(5-3-10)8-11(12,13)14/h6-7,10H,2-5,8H2,1H3. The van der Waals surface area contributed by atoms with Crippen LogP contribution in [0.15, 0.2) is 12.4 Å². The Morgan fingerprint density at radius 3 is 2.47 bits per heavy atom. The Hall–Kier alpha value is -1.04. The summed E-state index contributed by atoms with van der Waals surface area (Å²) in [6, 6.07) is 0.244. The Kier molecular flexibility index (Phi) is 3.42. The summed E-state index contributed by atoms with van der Waals surface area (Å²) in [5.74, 6) is 0. The highest BCUT2D eigenvalue weighted by molar-refractivity contribution is 5.00. The smallest absolute Gasteiger partial charge is 0.295 e. The summed E-state index contributed by atoms with van der Waals surface area (Å²) in [6.45, 7) is 2.15. The van der Waals surface area contributed by atoms with Crippen LogP contribution in [0.25, 0.3) is 0 Å². The molecular weight excluding hydrogens is 231 g/mol. The van der Waals surface area contributed by atoms with Gasteiger partial charge in [-0.25, -0.2) is 0 Å². The van der Waals surface area contributed by atoms with E-state index in [4.69, 9.17) is 0 Å². The van der Waals surface area contributed by atoms with Gasteiger partial charge in [0.25, 0.3) is 0 Å². The zero-order valence-corrected chi connectivity index (χ0v) is 9.74. The zero-order valence-electron chi connectivity index (χ0n) is 9.74. The van der Waals surface area contributed by atoms with Crippen LogP contribution < -0.4 is 0 Å². The first-order chi connectivity index (χ1) is 7.94. The normalized spacial score (nSPS) is 19.8. The Morgan fingerprint density at radius 1 is 1.35 bits per heavy atom. The number of rotatable bonds is 2. The number of likely N-dealkylation sites (tertiary alicyclic amines) is 1. The summed E-state index contributed by atoms with van der Waals surface area (Å²) in [7, 11) is 0. The van der Waals surface area contributed by atoms with E-state index in [2.05, 4.69) is 5.10 Å². The van der Waals surface area contributed by atoms with Crippen LogP contribution in [0.2, 0.25) is 0 Å². The Labute approximate surface area is 98.2 Å². The number of nitrogens with zero attached hydrogens (tertiary/aromatic N) is 3. The fraction of sp³-hybridized carbons (Fsp3) is 0.727. The Balaban J connectivity index is 1.86. The van der Waals surface area contributed by atoms with Gasteiger partial charge in [-0.15, -0.1) is 0 Å². The van der Waals surface area contributed by atoms with E-state index in [9.17, 15) is 13.2 Å². The monoisotopic (exact) mass is 247 g/mol. The van der Waals surface area contributed by atoms with Gasteiger partial charge >= 0.3 is 6.18 Å². The number of aromatic nitrogens is 2. The van der Waals surface area contributed by atoms with Crippen LogP contribution in [-0.2, 0) is 0 Å². The lowest BCUT2D eigenvalue weighted by Crippen LogP contribution is -2.40. The van der Waals surface area contributed by atoms with Gasteiger partial charge in [-0.2, -0.15) is 18.3 Å². The van der Waals surface area contributed by atoms with Gasteiger partial charge in [0, 0.05) is 19.3 Å². The number of aryl methyl sites for hydroxylation is 1. The van der Waals surface area contributed by atoms with E-state index in [-0.39, 0.29) is 6.04 Å². The van der Waals surface area contributed by atoms with Crippen LogP contribution in [0.5, 0.6) is 0 Å². The van der Waals surface area contributed by atoms with E-state index in [0.29, 0.717) is 13.1 Å². The summed E-state index contributed by atoms with van der Waals surface area (Å²) >= 11 is 0. The van der Waals surface area contributed by atoms with Crippen LogP contribution in [0, 0.1) is 6.92 Å². The maximum Gasteiger partial charge on any atom is 0.401 e. The first kappa shape index (κ1) is 12.4. The number of piperidine rings is 1. The van der Waals surface area contributed by atoms with E-state index in [1.807, 2.05) is 17.8 Å². The highest BCUT2D eigenvalue weighted by Crippen LogP contribution is 2.25. The minimum Gasteiger partial charge on any atom is -0.295 e. The minimum atomic E-state index is -4.09. The molecule has 96 valence electrons. The molecule has 1 aliphatic rings. The number of hydrogen-bond donors (Lipinski definition) is 0. The van der Waals surface area contributed by atoms with Crippen molar-refractivity contribution in [3.63, 3.8) is 0 Å². The molecule has 1 saturated heterocycles. The molecular formula is C11H16F3N3. The maximum absolute atomic E-state index is 12.2. The lowest BCUT2D eigenvalue weighted by molar-refractivity contribution is -0.148. The molecule has 0 unspecified atom stereocenters. The van der Waals surface area contributed by atoms with Gasteiger partial charge in [0.15, 0.2) is 0 Å². The Bertz CT molecular complexity index is 364. The second-order valence-electron chi connectivity index (χ2n) is 4.62. The van der Waals surface area contributed by atoms with Crippen LogP contribution in [0.1, 0.15) is 24.4 Å². The number of hydrogen-bond acceptors (Lipinski definition) is 2. The highest BCUT2D eigenvalue weighted by Gasteiger charge is 2.32. The van der Waals surface area contributed by atoms with Gasteiger partial charge in [0.1, 0.15) is 0 Å². The lowest BCUT2D eigenvalue weighted by Gasteiger charge is -2.32. The van der Waals surface area contributed by atoms with Crippen molar-refractivity contribution in [2.45, 2.75) is 32.0 Å². The third-order valence-corrected chi connectivity index (χ3v) is 3.06. The largest absolute Gasteiger partial charge is 0.401 e. The second kappa shape index (κ2) is 4.68. The molecule has 0 spiro atoms. The summed E-state index contributed by atoms with van der Waals surface area (Å²) < 4.78 is 38.5. The molecule has 0 atom stereocenters. The number of halogens is 3. The SMILES string of the molecule is Cc1cnn(C2CCN(CC(F)(F)F)CC2)c1. The zero-order chi connectivity index (χ0) is 12.5. The van der Waals surface area contributed by atoms with E-state index in [1.54, 1.807) is 6.20 Å². The van der Waals surface area contributed by atoms with Crippen LogP contribution in [-0.4, -0.2) is 40.5 Å².